The van der Waals surface area contributed by atoms with Gasteiger partial charge in [0.2, 0.25) is 0 Å². The molecule has 0 spiro atoms. The molecule has 0 aliphatic rings. The molecule has 0 radical (unpaired) electrons. The summed E-state index contributed by atoms with van der Waals surface area (Å²) in [4.78, 5) is 21.5. The maximum atomic E-state index is 11.3. The van der Waals surface area contributed by atoms with Crippen molar-refractivity contribution >= 4 is 11.9 Å². The van der Waals surface area contributed by atoms with Gasteiger partial charge >= 0.3 is 11.9 Å². The summed E-state index contributed by atoms with van der Waals surface area (Å²) in [6.07, 6.45) is 1.14. The molecule has 88 valence electrons. The van der Waals surface area contributed by atoms with Crippen LogP contribution in [0.15, 0.2) is 0 Å². The van der Waals surface area contributed by atoms with Crippen LogP contribution in [0.1, 0.15) is 33.1 Å². The molecule has 0 rings (SSSR count). The average Bonchev–Trinajstić information content (AvgIpc) is 2.21. The Morgan fingerprint density at radius 2 is 2.07 bits per heavy atom. The second-order valence-electron chi connectivity index (χ2n) is 3.58. The summed E-state index contributed by atoms with van der Waals surface area (Å²) in [6, 6.07) is -0.611. The van der Waals surface area contributed by atoms with Crippen molar-refractivity contribution in [2.24, 2.45) is 11.7 Å². The molecular formula is C10H19NO4. The fourth-order valence-corrected chi connectivity index (χ4v) is 0.979. The lowest BCUT2D eigenvalue weighted by molar-refractivity contribution is -0.147. The van der Waals surface area contributed by atoms with Crippen LogP contribution in [0.2, 0.25) is 0 Å². The topological polar surface area (TPSA) is 89.6 Å². The Kier molecular flexibility index (Phi) is 6.70. The maximum absolute atomic E-state index is 11.3. The van der Waals surface area contributed by atoms with E-state index in [1.54, 1.807) is 0 Å². The first-order valence-corrected chi connectivity index (χ1v) is 5.13. The Balaban J connectivity index is 3.69. The van der Waals surface area contributed by atoms with Gasteiger partial charge in [-0.1, -0.05) is 20.3 Å². The minimum absolute atomic E-state index is 0.00580. The van der Waals surface area contributed by atoms with Gasteiger partial charge in [0.25, 0.3) is 0 Å². The minimum Gasteiger partial charge on any atom is -0.481 e. The lowest BCUT2D eigenvalue weighted by atomic mass is 10.0. The van der Waals surface area contributed by atoms with E-state index in [1.165, 1.54) is 0 Å². The van der Waals surface area contributed by atoms with E-state index in [2.05, 4.69) is 0 Å². The van der Waals surface area contributed by atoms with E-state index in [0.717, 1.165) is 6.42 Å². The number of rotatable bonds is 7. The first kappa shape index (κ1) is 13.9. The summed E-state index contributed by atoms with van der Waals surface area (Å²) in [7, 11) is 0. The van der Waals surface area contributed by atoms with Crippen LogP contribution in [-0.2, 0) is 14.3 Å². The predicted molar refractivity (Wildman–Crippen MR) is 55.3 cm³/mol. The third kappa shape index (κ3) is 6.06. The van der Waals surface area contributed by atoms with E-state index in [4.69, 9.17) is 15.6 Å². The molecule has 3 N–H and O–H groups in total. The van der Waals surface area contributed by atoms with Crippen LogP contribution < -0.4 is 5.73 Å². The molecule has 0 saturated heterocycles. The third-order valence-corrected chi connectivity index (χ3v) is 2.31. The highest BCUT2D eigenvalue weighted by Gasteiger charge is 2.20. The molecule has 0 aromatic rings. The second kappa shape index (κ2) is 7.23. The van der Waals surface area contributed by atoms with Gasteiger partial charge in [0, 0.05) is 6.42 Å². The largest absolute Gasteiger partial charge is 0.481 e. The number of carbonyl (C=O) groups is 2. The van der Waals surface area contributed by atoms with Crippen LogP contribution in [0.3, 0.4) is 0 Å². The van der Waals surface area contributed by atoms with E-state index >= 15 is 0 Å². The van der Waals surface area contributed by atoms with Gasteiger partial charge in [0.05, 0.1) is 6.61 Å². The van der Waals surface area contributed by atoms with Gasteiger partial charge in [-0.15, -0.1) is 0 Å². The Bertz CT molecular complexity index is 217. The molecule has 0 aliphatic heterocycles. The molecule has 0 aromatic heterocycles. The number of hydrogen-bond donors (Lipinski definition) is 2. The van der Waals surface area contributed by atoms with Crippen LogP contribution >= 0.6 is 0 Å². The number of esters is 1. The molecule has 5 nitrogen and oxygen atoms in total. The number of ether oxygens (including phenoxy) is 1. The van der Waals surface area contributed by atoms with Crippen LogP contribution in [0.25, 0.3) is 0 Å². The van der Waals surface area contributed by atoms with Crippen LogP contribution in [0.4, 0.5) is 0 Å². The van der Waals surface area contributed by atoms with Gasteiger partial charge in [0.15, 0.2) is 0 Å². The Morgan fingerprint density at radius 1 is 1.47 bits per heavy atom. The van der Waals surface area contributed by atoms with Crippen LogP contribution in [0, 0.1) is 5.92 Å². The van der Waals surface area contributed by atoms with Crippen molar-refractivity contribution in [1.29, 1.82) is 0 Å². The summed E-state index contributed by atoms with van der Waals surface area (Å²) in [6.45, 7) is 3.95. The van der Waals surface area contributed by atoms with Gasteiger partial charge in [-0.05, 0) is 12.3 Å². The fraction of sp³-hybridized carbons (Fsp3) is 0.800. The van der Waals surface area contributed by atoms with Gasteiger partial charge < -0.3 is 15.6 Å². The van der Waals surface area contributed by atoms with E-state index in [1.807, 2.05) is 13.8 Å². The zero-order valence-electron chi connectivity index (χ0n) is 9.23. The normalized spacial score (nSPS) is 14.3. The SMILES string of the molecule is CC[C@H](C)[C@H](N)C(=O)OCCCC(=O)O. The number of carbonyl (C=O) groups excluding carboxylic acids is 1. The van der Waals surface area contributed by atoms with Gasteiger partial charge in [-0.3, -0.25) is 9.59 Å². The molecule has 15 heavy (non-hydrogen) atoms. The standard InChI is InChI=1S/C10H19NO4/c1-3-7(2)9(11)10(14)15-6-4-5-8(12)13/h7,9H,3-6,11H2,1-2H3,(H,12,13)/t7-,9-/m0/s1. The summed E-state index contributed by atoms with van der Waals surface area (Å²) in [5.74, 6) is -1.26. The molecule has 2 atom stereocenters. The van der Waals surface area contributed by atoms with Gasteiger partial charge in [0.1, 0.15) is 6.04 Å². The quantitative estimate of drug-likeness (QED) is 0.485. The van der Waals surface area contributed by atoms with Crippen molar-refractivity contribution in [3.63, 3.8) is 0 Å². The lowest BCUT2D eigenvalue weighted by Gasteiger charge is -2.16. The van der Waals surface area contributed by atoms with E-state index < -0.39 is 18.0 Å². The Labute approximate surface area is 89.6 Å². The number of hydrogen-bond acceptors (Lipinski definition) is 4. The lowest BCUT2D eigenvalue weighted by Crippen LogP contribution is -2.38. The predicted octanol–water partition coefficient (Wildman–Crippen LogP) is 0.768. The van der Waals surface area contributed by atoms with Crippen molar-refractivity contribution in [3.05, 3.63) is 0 Å². The van der Waals surface area contributed by atoms with E-state index in [-0.39, 0.29) is 18.9 Å². The molecule has 0 heterocycles. The van der Waals surface area contributed by atoms with Crippen molar-refractivity contribution in [1.82, 2.24) is 0 Å². The molecule has 0 amide bonds. The van der Waals surface area contributed by atoms with Crippen molar-refractivity contribution in [2.45, 2.75) is 39.2 Å². The molecule has 5 heteroatoms. The Hall–Kier alpha value is -1.10. The van der Waals surface area contributed by atoms with E-state index in [0.29, 0.717) is 6.42 Å². The zero-order chi connectivity index (χ0) is 11.8. The first-order valence-electron chi connectivity index (χ1n) is 5.13. The highest BCUT2D eigenvalue weighted by atomic mass is 16.5. The average molecular weight is 217 g/mol. The molecule has 0 aromatic carbocycles. The number of carboxylic acids is 1. The van der Waals surface area contributed by atoms with Crippen molar-refractivity contribution in [2.75, 3.05) is 6.61 Å². The molecule has 0 bridgehead atoms. The van der Waals surface area contributed by atoms with Crippen molar-refractivity contribution in [3.8, 4) is 0 Å². The monoisotopic (exact) mass is 217 g/mol. The Morgan fingerprint density at radius 3 is 2.53 bits per heavy atom. The number of nitrogens with two attached hydrogens (primary N) is 1. The maximum Gasteiger partial charge on any atom is 0.323 e. The first-order chi connectivity index (χ1) is 6.99. The smallest absolute Gasteiger partial charge is 0.323 e. The zero-order valence-corrected chi connectivity index (χ0v) is 9.23. The highest BCUT2D eigenvalue weighted by molar-refractivity contribution is 5.75. The number of aliphatic carboxylic acids is 1. The molecular weight excluding hydrogens is 198 g/mol. The summed E-state index contributed by atoms with van der Waals surface area (Å²) < 4.78 is 4.85. The summed E-state index contributed by atoms with van der Waals surface area (Å²) in [5, 5.41) is 8.35. The fourth-order valence-electron chi connectivity index (χ4n) is 0.979. The molecule has 0 saturated carbocycles. The van der Waals surface area contributed by atoms with E-state index in [9.17, 15) is 9.59 Å². The molecule has 0 aliphatic carbocycles. The second-order valence-corrected chi connectivity index (χ2v) is 3.58. The highest BCUT2D eigenvalue weighted by Crippen LogP contribution is 2.06. The van der Waals surface area contributed by atoms with Gasteiger partial charge in [-0.2, -0.15) is 0 Å². The van der Waals surface area contributed by atoms with Crippen LogP contribution in [0.5, 0.6) is 0 Å². The molecule has 0 unspecified atom stereocenters. The summed E-state index contributed by atoms with van der Waals surface area (Å²) >= 11 is 0. The molecule has 0 fully saturated rings. The third-order valence-electron chi connectivity index (χ3n) is 2.31. The van der Waals surface area contributed by atoms with Crippen LogP contribution in [-0.4, -0.2) is 29.7 Å². The minimum atomic E-state index is -0.891. The van der Waals surface area contributed by atoms with Crippen molar-refractivity contribution < 1.29 is 19.4 Å². The van der Waals surface area contributed by atoms with Gasteiger partial charge in [-0.25, -0.2) is 0 Å². The summed E-state index contributed by atoms with van der Waals surface area (Å²) in [5.41, 5.74) is 5.62. The number of carboxylic acid groups (broad SMARTS) is 1.